The van der Waals surface area contributed by atoms with E-state index in [9.17, 15) is 9.18 Å². The summed E-state index contributed by atoms with van der Waals surface area (Å²) in [5, 5.41) is 3.12. The number of benzene rings is 1. The maximum atomic E-state index is 13.1. The summed E-state index contributed by atoms with van der Waals surface area (Å²) in [6, 6.07) is 6.49. The van der Waals surface area contributed by atoms with Crippen LogP contribution in [0, 0.1) is 5.82 Å². The fraction of sp³-hybridized carbons (Fsp3) is 0.417. The molecule has 0 aromatic heterocycles. The molecule has 1 aliphatic carbocycles. The van der Waals surface area contributed by atoms with Crippen LogP contribution in [0.3, 0.4) is 0 Å². The van der Waals surface area contributed by atoms with E-state index < -0.39 is 0 Å². The number of halogens is 1. The van der Waals surface area contributed by atoms with Gasteiger partial charge in [-0.1, -0.05) is 12.1 Å². The third-order valence-corrected chi connectivity index (χ3v) is 2.93. The standard InChI is InChI=1S/C12H14FNO2/c1-16-11(15)8-14-12(5-6-12)9-3-2-4-10(13)7-9/h2-4,7,14H,5-6,8H2,1H3. The summed E-state index contributed by atoms with van der Waals surface area (Å²) < 4.78 is 17.6. The molecule has 1 N–H and O–H groups in total. The minimum Gasteiger partial charge on any atom is -0.468 e. The van der Waals surface area contributed by atoms with Gasteiger partial charge in [-0.15, -0.1) is 0 Å². The van der Waals surface area contributed by atoms with E-state index in [-0.39, 0.29) is 23.9 Å². The Morgan fingerprint density at radius 2 is 2.31 bits per heavy atom. The molecule has 1 aromatic rings. The predicted octanol–water partition coefficient (Wildman–Crippen LogP) is 1.58. The van der Waals surface area contributed by atoms with Crippen LogP contribution in [0.1, 0.15) is 18.4 Å². The highest BCUT2D eigenvalue weighted by Crippen LogP contribution is 2.45. The molecule has 0 atom stereocenters. The van der Waals surface area contributed by atoms with Gasteiger partial charge in [0.1, 0.15) is 5.82 Å². The van der Waals surface area contributed by atoms with Crippen LogP contribution in [0.4, 0.5) is 4.39 Å². The van der Waals surface area contributed by atoms with Crippen molar-refractivity contribution in [1.29, 1.82) is 0 Å². The summed E-state index contributed by atoms with van der Waals surface area (Å²) in [4.78, 5) is 11.0. The van der Waals surface area contributed by atoms with Gasteiger partial charge in [-0.3, -0.25) is 10.1 Å². The molecule has 1 saturated carbocycles. The van der Waals surface area contributed by atoms with Gasteiger partial charge in [-0.25, -0.2) is 4.39 Å². The van der Waals surface area contributed by atoms with Crippen molar-refractivity contribution >= 4 is 5.97 Å². The zero-order valence-electron chi connectivity index (χ0n) is 9.13. The van der Waals surface area contributed by atoms with Gasteiger partial charge < -0.3 is 4.74 Å². The maximum absolute atomic E-state index is 13.1. The monoisotopic (exact) mass is 223 g/mol. The minimum absolute atomic E-state index is 0.160. The van der Waals surface area contributed by atoms with E-state index in [1.807, 2.05) is 6.07 Å². The summed E-state index contributed by atoms with van der Waals surface area (Å²) in [6.07, 6.45) is 1.85. The molecular formula is C12H14FNO2. The molecular weight excluding hydrogens is 209 g/mol. The van der Waals surface area contributed by atoms with Crippen LogP contribution in [0.15, 0.2) is 24.3 Å². The van der Waals surface area contributed by atoms with Crippen LogP contribution >= 0.6 is 0 Å². The molecule has 0 unspecified atom stereocenters. The van der Waals surface area contributed by atoms with Crippen molar-refractivity contribution in [3.05, 3.63) is 35.6 Å². The van der Waals surface area contributed by atoms with Crippen LogP contribution < -0.4 is 5.32 Å². The summed E-state index contributed by atoms with van der Waals surface area (Å²) in [5.74, 6) is -0.550. The first-order valence-corrected chi connectivity index (χ1v) is 5.24. The maximum Gasteiger partial charge on any atom is 0.319 e. The topological polar surface area (TPSA) is 38.3 Å². The number of esters is 1. The van der Waals surface area contributed by atoms with Crippen molar-refractivity contribution in [3.63, 3.8) is 0 Å². The van der Waals surface area contributed by atoms with E-state index >= 15 is 0 Å². The molecule has 3 nitrogen and oxygen atoms in total. The Bertz CT molecular complexity index is 402. The van der Waals surface area contributed by atoms with Crippen molar-refractivity contribution in [2.75, 3.05) is 13.7 Å². The zero-order valence-corrected chi connectivity index (χ0v) is 9.13. The van der Waals surface area contributed by atoms with Crippen molar-refractivity contribution in [3.8, 4) is 0 Å². The number of nitrogens with one attached hydrogen (secondary N) is 1. The van der Waals surface area contributed by atoms with Crippen LogP contribution in [0.2, 0.25) is 0 Å². The molecule has 0 amide bonds. The van der Waals surface area contributed by atoms with Gasteiger partial charge in [0.2, 0.25) is 0 Å². The molecule has 16 heavy (non-hydrogen) atoms. The van der Waals surface area contributed by atoms with Gasteiger partial charge in [0.25, 0.3) is 0 Å². The third-order valence-electron chi connectivity index (χ3n) is 2.93. The third kappa shape index (κ3) is 2.22. The summed E-state index contributed by atoms with van der Waals surface area (Å²) >= 11 is 0. The van der Waals surface area contributed by atoms with E-state index in [4.69, 9.17) is 0 Å². The van der Waals surface area contributed by atoms with Crippen molar-refractivity contribution in [2.24, 2.45) is 0 Å². The lowest BCUT2D eigenvalue weighted by molar-refractivity contribution is -0.139. The second-order valence-corrected chi connectivity index (χ2v) is 4.02. The smallest absolute Gasteiger partial charge is 0.319 e. The highest BCUT2D eigenvalue weighted by Gasteiger charge is 2.44. The summed E-state index contributed by atoms with van der Waals surface area (Å²) in [6.45, 7) is 0.160. The molecule has 1 aliphatic rings. The quantitative estimate of drug-likeness (QED) is 0.787. The van der Waals surface area contributed by atoms with Crippen LogP contribution in [0.5, 0.6) is 0 Å². The van der Waals surface area contributed by atoms with Gasteiger partial charge in [-0.2, -0.15) is 0 Å². The summed E-state index contributed by atoms with van der Waals surface area (Å²) in [5.41, 5.74) is 0.674. The summed E-state index contributed by atoms with van der Waals surface area (Å²) in [7, 11) is 1.35. The fourth-order valence-electron chi connectivity index (χ4n) is 1.79. The predicted molar refractivity (Wildman–Crippen MR) is 57.3 cm³/mol. The SMILES string of the molecule is COC(=O)CNC1(c2cccc(F)c2)CC1. The molecule has 1 fully saturated rings. The van der Waals surface area contributed by atoms with Gasteiger partial charge in [-0.05, 0) is 30.5 Å². The van der Waals surface area contributed by atoms with Gasteiger partial charge in [0.15, 0.2) is 0 Å². The Balaban J connectivity index is 2.05. The Hall–Kier alpha value is -1.42. The van der Waals surface area contributed by atoms with Gasteiger partial charge in [0.05, 0.1) is 13.7 Å². The average molecular weight is 223 g/mol. The van der Waals surface area contributed by atoms with E-state index in [1.165, 1.54) is 19.2 Å². The second-order valence-electron chi connectivity index (χ2n) is 4.02. The van der Waals surface area contributed by atoms with Crippen LogP contribution in [0.25, 0.3) is 0 Å². The lowest BCUT2D eigenvalue weighted by Crippen LogP contribution is -2.34. The van der Waals surface area contributed by atoms with Crippen molar-refractivity contribution < 1.29 is 13.9 Å². The molecule has 0 heterocycles. The molecule has 0 aliphatic heterocycles. The minimum atomic E-state index is -0.303. The Kier molecular flexibility index (Phi) is 2.92. The average Bonchev–Trinajstić information content (AvgIpc) is 3.07. The number of hydrogen-bond acceptors (Lipinski definition) is 3. The highest BCUT2D eigenvalue weighted by molar-refractivity contribution is 5.71. The Morgan fingerprint density at radius 1 is 1.56 bits per heavy atom. The number of hydrogen-bond donors (Lipinski definition) is 1. The van der Waals surface area contributed by atoms with Crippen molar-refractivity contribution in [2.45, 2.75) is 18.4 Å². The molecule has 0 bridgehead atoms. The van der Waals surface area contributed by atoms with Crippen LogP contribution in [-0.4, -0.2) is 19.6 Å². The molecule has 86 valence electrons. The van der Waals surface area contributed by atoms with Gasteiger partial charge >= 0.3 is 5.97 Å². The highest BCUT2D eigenvalue weighted by atomic mass is 19.1. The molecule has 0 spiro atoms. The first-order chi connectivity index (χ1) is 7.66. The lowest BCUT2D eigenvalue weighted by atomic mass is 10.0. The van der Waals surface area contributed by atoms with Gasteiger partial charge in [0, 0.05) is 5.54 Å². The molecule has 1 aromatic carbocycles. The largest absolute Gasteiger partial charge is 0.468 e. The van der Waals surface area contributed by atoms with E-state index in [0.717, 1.165) is 18.4 Å². The second kappa shape index (κ2) is 4.22. The number of rotatable bonds is 4. The van der Waals surface area contributed by atoms with E-state index in [2.05, 4.69) is 10.1 Å². The molecule has 4 heteroatoms. The number of methoxy groups -OCH3 is 1. The first kappa shape index (κ1) is 11.1. The molecule has 0 saturated heterocycles. The lowest BCUT2D eigenvalue weighted by Gasteiger charge is -2.17. The Labute approximate surface area is 93.6 Å². The number of carbonyl (C=O) groups is 1. The fourth-order valence-corrected chi connectivity index (χ4v) is 1.79. The van der Waals surface area contributed by atoms with Crippen LogP contribution in [-0.2, 0) is 15.1 Å². The zero-order chi connectivity index (χ0) is 11.6. The van der Waals surface area contributed by atoms with E-state index in [0.29, 0.717) is 0 Å². The molecule has 2 rings (SSSR count). The van der Waals surface area contributed by atoms with Crippen molar-refractivity contribution in [1.82, 2.24) is 5.32 Å². The first-order valence-electron chi connectivity index (χ1n) is 5.24. The number of ether oxygens (including phenoxy) is 1. The normalized spacial score (nSPS) is 16.9. The van der Waals surface area contributed by atoms with E-state index in [1.54, 1.807) is 6.07 Å². The number of carbonyl (C=O) groups excluding carboxylic acids is 1. The molecule has 0 radical (unpaired) electrons. The Morgan fingerprint density at radius 3 is 2.88 bits per heavy atom.